The molecule has 180 valence electrons. The van der Waals surface area contributed by atoms with Gasteiger partial charge < -0.3 is 20.5 Å². The fourth-order valence-corrected chi connectivity index (χ4v) is 5.21. The molecule has 10 nitrogen and oxygen atoms in total. The zero-order chi connectivity index (χ0) is 24.9. The van der Waals surface area contributed by atoms with Gasteiger partial charge in [-0.2, -0.15) is 0 Å². The topological polar surface area (TPSA) is 132 Å². The molecule has 2 atom stereocenters. The number of likely N-dealkylation sites (tertiary alicyclic amines) is 1. The first-order valence-electron chi connectivity index (χ1n) is 11.2. The molecule has 3 N–H and O–H groups in total. The molecule has 1 aliphatic rings. The molecule has 2 amide bonds. The number of hydrogen-bond acceptors (Lipinski definition) is 7. The summed E-state index contributed by atoms with van der Waals surface area (Å²) in [6.07, 6.45) is 5.27. The Labute approximate surface area is 210 Å². The lowest BCUT2D eigenvalue weighted by Crippen LogP contribution is -2.48. The van der Waals surface area contributed by atoms with Gasteiger partial charge in [-0.15, -0.1) is 0 Å². The van der Waals surface area contributed by atoms with Crippen molar-refractivity contribution in [1.82, 2.24) is 29.4 Å². The van der Waals surface area contributed by atoms with Gasteiger partial charge in [-0.05, 0) is 52.9 Å². The fourth-order valence-electron chi connectivity index (χ4n) is 4.87. The maximum absolute atomic E-state index is 13.8. The number of aromatic nitrogens is 5. The number of nitrogens with zero attached hydrogens (tertiary/aromatic N) is 6. The normalized spacial score (nSPS) is 19.4. The van der Waals surface area contributed by atoms with Crippen LogP contribution in [0.3, 0.4) is 0 Å². The summed E-state index contributed by atoms with van der Waals surface area (Å²) in [5, 5.41) is 4.37. The first-order valence-corrected chi connectivity index (χ1v) is 12.0. The molecule has 0 aliphatic carbocycles. The predicted molar refractivity (Wildman–Crippen MR) is 136 cm³/mol. The Bertz CT molecular complexity index is 1470. The van der Waals surface area contributed by atoms with Gasteiger partial charge in [0, 0.05) is 17.6 Å². The third kappa shape index (κ3) is 3.99. The standard InChI is InChI=1S/C24H25BrN8O2/c1-13-24(2,3)9-15(23(35)31-18-6-4-5-17(25)30-18)33(13)19(34)11-32-16-10-27-8-7-14(16)20-21(26)28-12-29-22(20)32/h4-8,10,12-13,15H,9,11H2,1-3H3,(H2,26,28,29)(H,30,31,35)/t13-,15+/m1/s1. The van der Waals surface area contributed by atoms with E-state index in [1.807, 2.05) is 13.0 Å². The van der Waals surface area contributed by atoms with E-state index in [1.165, 1.54) is 6.33 Å². The molecule has 5 rings (SSSR count). The van der Waals surface area contributed by atoms with Gasteiger partial charge in [-0.3, -0.25) is 14.6 Å². The highest BCUT2D eigenvalue weighted by Gasteiger charge is 2.49. The number of anilines is 2. The van der Waals surface area contributed by atoms with Crippen LogP contribution >= 0.6 is 15.9 Å². The van der Waals surface area contributed by atoms with Crippen LogP contribution in [-0.2, 0) is 16.1 Å². The van der Waals surface area contributed by atoms with Crippen LogP contribution in [-0.4, -0.2) is 53.3 Å². The molecule has 0 unspecified atom stereocenters. The minimum Gasteiger partial charge on any atom is -0.383 e. The Kier molecular flexibility index (Phi) is 5.66. The summed E-state index contributed by atoms with van der Waals surface area (Å²) in [5.74, 6) is 0.309. The van der Waals surface area contributed by atoms with Gasteiger partial charge in [-0.1, -0.05) is 19.9 Å². The Morgan fingerprint density at radius 3 is 2.83 bits per heavy atom. The first-order chi connectivity index (χ1) is 16.7. The number of hydrogen-bond donors (Lipinski definition) is 2. The first kappa shape index (κ1) is 23.2. The van der Waals surface area contributed by atoms with Gasteiger partial charge in [-0.25, -0.2) is 15.0 Å². The van der Waals surface area contributed by atoms with Crippen LogP contribution in [0.15, 0.2) is 47.6 Å². The Morgan fingerprint density at radius 1 is 1.26 bits per heavy atom. The van der Waals surface area contributed by atoms with E-state index in [9.17, 15) is 9.59 Å². The molecule has 0 spiro atoms. The van der Waals surface area contributed by atoms with E-state index < -0.39 is 6.04 Å². The lowest BCUT2D eigenvalue weighted by Gasteiger charge is -2.31. The number of nitrogen functional groups attached to an aromatic ring is 1. The van der Waals surface area contributed by atoms with Gasteiger partial charge in [0.25, 0.3) is 0 Å². The molecular formula is C24H25BrN8O2. The molecule has 5 heterocycles. The molecule has 11 heteroatoms. The molecule has 1 saturated heterocycles. The number of amides is 2. The van der Waals surface area contributed by atoms with Gasteiger partial charge >= 0.3 is 0 Å². The smallest absolute Gasteiger partial charge is 0.248 e. The van der Waals surface area contributed by atoms with Crippen molar-refractivity contribution in [2.45, 2.75) is 45.8 Å². The molecular weight excluding hydrogens is 512 g/mol. The van der Waals surface area contributed by atoms with E-state index in [1.54, 1.807) is 40.1 Å². The predicted octanol–water partition coefficient (Wildman–Crippen LogP) is 3.37. The van der Waals surface area contributed by atoms with Crippen molar-refractivity contribution in [1.29, 1.82) is 0 Å². The maximum Gasteiger partial charge on any atom is 0.248 e. The molecule has 1 fully saturated rings. The van der Waals surface area contributed by atoms with Crippen LogP contribution in [0, 0.1) is 5.41 Å². The van der Waals surface area contributed by atoms with Crippen LogP contribution in [0.25, 0.3) is 21.9 Å². The van der Waals surface area contributed by atoms with E-state index >= 15 is 0 Å². The summed E-state index contributed by atoms with van der Waals surface area (Å²) in [6, 6.07) is 6.32. The van der Waals surface area contributed by atoms with Crippen LogP contribution in [0.2, 0.25) is 0 Å². The fraction of sp³-hybridized carbons (Fsp3) is 0.333. The number of fused-ring (bicyclic) bond motifs is 3. The minimum absolute atomic E-state index is 0.0124. The number of nitrogens with one attached hydrogen (secondary N) is 1. The maximum atomic E-state index is 13.8. The monoisotopic (exact) mass is 536 g/mol. The molecule has 4 aromatic heterocycles. The highest BCUT2D eigenvalue weighted by Crippen LogP contribution is 2.41. The third-order valence-corrected chi connectivity index (χ3v) is 7.37. The van der Waals surface area contributed by atoms with Gasteiger partial charge in [0.05, 0.1) is 17.1 Å². The molecule has 35 heavy (non-hydrogen) atoms. The van der Waals surface area contributed by atoms with E-state index in [-0.39, 0.29) is 29.8 Å². The van der Waals surface area contributed by atoms with Crippen LogP contribution in [0.4, 0.5) is 11.6 Å². The van der Waals surface area contributed by atoms with E-state index in [0.717, 1.165) is 10.9 Å². The number of rotatable bonds is 4. The summed E-state index contributed by atoms with van der Waals surface area (Å²) >= 11 is 3.32. The lowest BCUT2D eigenvalue weighted by molar-refractivity contribution is -0.139. The van der Waals surface area contributed by atoms with E-state index in [4.69, 9.17) is 5.73 Å². The van der Waals surface area contributed by atoms with Crippen LogP contribution in [0.5, 0.6) is 0 Å². The number of carbonyl (C=O) groups excluding carboxylic acids is 2. The van der Waals surface area contributed by atoms with Gasteiger partial charge in [0.15, 0.2) is 0 Å². The molecule has 0 radical (unpaired) electrons. The van der Waals surface area contributed by atoms with Crippen molar-refractivity contribution in [3.63, 3.8) is 0 Å². The second-order valence-electron chi connectivity index (χ2n) is 9.46. The van der Waals surface area contributed by atoms with E-state index in [2.05, 4.69) is 55.0 Å². The second-order valence-corrected chi connectivity index (χ2v) is 10.3. The summed E-state index contributed by atoms with van der Waals surface area (Å²) in [4.78, 5) is 45.9. The zero-order valence-electron chi connectivity index (χ0n) is 19.6. The third-order valence-electron chi connectivity index (χ3n) is 6.93. The van der Waals surface area contributed by atoms with E-state index in [0.29, 0.717) is 33.7 Å². The Balaban J connectivity index is 1.50. The zero-order valence-corrected chi connectivity index (χ0v) is 21.2. The summed E-state index contributed by atoms with van der Waals surface area (Å²) in [5.41, 5.74) is 7.18. The lowest BCUT2D eigenvalue weighted by atomic mass is 9.84. The highest BCUT2D eigenvalue weighted by molar-refractivity contribution is 9.10. The summed E-state index contributed by atoms with van der Waals surface area (Å²) in [7, 11) is 0. The summed E-state index contributed by atoms with van der Waals surface area (Å²) < 4.78 is 2.41. The summed E-state index contributed by atoms with van der Waals surface area (Å²) in [6.45, 7) is 6.11. The quantitative estimate of drug-likeness (QED) is 0.382. The number of halogens is 1. The second kappa shape index (κ2) is 8.56. The van der Waals surface area contributed by atoms with Crippen molar-refractivity contribution in [2.24, 2.45) is 5.41 Å². The molecule has 0 aromatic carbocycles. The van der Waals surface area contributed by atoms with Crippen molar-refractivity contribution >= 4 is 61.3 Å². The SMILES string of the molecule is C[C@H]1N(C(=O)Cn2c3cnccc3c3c(N)ncnc32)[C@H](C(=O)Nc2cccc(Br)n2)CC1(C)C. The number of nitrogens with two attached hydrogens (primary N) is 1. The molecule has 0 bridgehead atoms. The number of carbonyl (C=O) groups is 2. The van der Waals surface area contributed by atoms with Crippen molar-refractivity contribution in [2.75, 3.05) is 11.1 Å². The molecule has 1 aliphatic heterocycles. The van der Waals surface area contributed by atoms with Crippen molar-refractivity contribution in [3.05, 3.63) is 47.6 Å². The largest absolute Gasteiger partial charge is 0.383 e. The van der Waals surface area contributed by atoms with Crippen molar-refractivity contribution in [3.8, 4) is 0 Å². The highest BCUT2D eigenvalue weighted by atomic mass is 79.9. The molecule has 4 aromatic rings. The minimum atomic E-state index is -0.640. The Morgan fingerprint density at radius 2 is 2.06 bits per heavy atom. The Hall–Kier alpha value is -3.60. The van der Waals surface area contributed by atoms with Gasteiger partial charge in [0.1, 0.15) is 40.8 Å². The van der Waals surface area contributed by atoms with Crippen LogP contribution < -0.4 is 11.1 Å². The van der Waals surface area contributed by atoms with Crippen molar-refractivity contribution < 1.29 is 9.59 Å². The number of pyridine rings is 2. The average molecular weight is 537 g/mol. The average Bonchev–Trinajstić information content (AvgIpc) is 3.26. The van der Waals surface area contributed by atoms with Crippen LogP contribution in [0.1, 0.15) is 27.2 Å². The molecule has 0 saturated carbocycles. The van der Waals surface area contributed by atoms with Gasteiger partial charge in [0.2, 0.25) is 11.8 Å².